The molecule has 242 valence electrons. The van der Waals surface area contributed by atoms with Gasteiger partial charge in [0.1, 0.15) is 5.69 Å². The number of rotatable bonds is 5. The molecule has 10 aromatic rings. The molecular formula is C48H30N4. The number of hydrogen-bond donors (Lipinski definition) is 0. The molecule has 52 heavy (non-hydrogen) atoms. The maximum absolute atomic E-state index is 5.24. The number of hydrogen-bond acceptors (Lipinski definition) is 4. The van der Waals surface area contributed by atoms with E-state index in [4.69, 9.17) is 19.9 Å². The summed E-state index contributed by atoms with van der Waals surface area (Å²) in [5, 5.41) is 7.06. The topological polar surface area (TPSA) is 51.6 Å². The Kier molecular flexibility index (Phi) is 7.10. The second-order valence-electron chi connectivity index (χ2n) is 13.1. The number of pyridine rings is 2. The molecule has 0 aliphatic heterocycles. The van der Waals surface area contributed by atoms with Gasteiger partial charge in [0.15, 0.2) is 5.82 Å². The van der Waals surface area contributed by atoms with E-state index >= 15 is 0 Å². The highest BCUT2D eigenvalue weighted by Gasteiger charge is 2.14. The molecule has 3 aromatic heterocycles. The summed E-state index contributed by atoms with van der Waals surface area (Å²) in [6, 6.07) is 63.3. The van der Waals surface area contributed by atoms with Crippen molar-refractivity contribution >= 4 is 43.4 Å². The van der Waals surface area contributed by atoms with Gasteiger partial charge in [-0.3, -0.25) is 0 Å². The number of fused-ring (bicyclic) bond motifs is 5. The number of aromatic nitrogens is 4. The summed E-state index contributed by atoms with van der Waals surface area (Å²) in [5.74, 6) is 0.594. The average molecular weight is 663 g/mol. The van der Waals surface area contributed by atoms with Crippen LogP contribution in [0.15, 0.2) is 182 Å². The number of nitrogens with zero attached hydrogens (tertiary/aromatic N) is 4. The van der Waals surface area contributed by atoms with Gasteiger partial charge in [-0.25, -0.2) is 19.9 Å². The van der Waals surface area contributed by atoms with E-state index in [1.165, 1.54) is 21.5 Å². The largest absolute Gasteiger partial charge is 0.248 e. The molecule has 0 atom stereocenters. The molecule has 0 bridgehead atoms. The van der Waals surface area contributed by atoms with Gasteiger partial charge in [-0.15, -0.1) is 0 Å². The van der Waals surface area contributed by atoms with E-state index in [0.717, 1.165) is 72.4 Å². The third-order valence-electron chi connectivity index (χ3n) is 9.86. The van der Waals surface area contributed by atoms with E-state index in [1.807, 2.05) is 42.5 Å². The van der Waals surface area contributed by atoms with Crippen molar-refractivity contribution in [2.75, 3.05) is 0 Å². The van der Waals surface area contributed by atoms with E-state index in [2.05, 4.69) is 140 Å². The van der Waals surface area contributed by atoms with Crippen molar-refractivity contribution in [3.8, 4) is 56.4 Å². The Balaban J connectivity index is 1.06. The third-order valence-corrected chi connectivity index (χ3v) is 9.86. The maximum Gasteiger partial charge on any atom is 0.179 e. The first-order valence-electron chi connectivity index (χ1n) is 17.5. The van der Waals surface area contributed by atoms with Gasteiger partial charge in [0.05, 0.1) is 28.1 Å². The van der Waals surface area contributed by atoms with E-state index in [1.54, 1.807) is 0 Å². The van der Waals surface area contributed by atoms with Crippen molar-refractivity contribution in [3.63, 3.8) is 0 Å². The van der Waals surface area contributed by atoms with Crippen LogP contribution in [0.3, 0.4) is 0 Å². The first kappa shape index (κ1) is 29.8. The van der Waals surface area contributed by atoms with Crippen LogP contribution < -0.4 is 0 Å². The smallest absolute Gasteiger partial charge is 0.179 e. The molecule has 0 saturated heterocycles. The molecule has 7 aromatic carbocycles. The second-order valence-corrected chi connectivity index (χ2v) is 13.1. The van der Waals surface area contributed by atoms with Gasteiger partial charge in [-0.2, -0.15) is 0 Å². The molecule has 0 spiro atoms. The molecular weight excluding hydrogens is 633 g/mol. The Morgan fingerprint density at radius 3 is 1.40 bits per heavy atom. The van der Waals surface area contributed by atoms with Crippen molar-refractivity contribution in [1.82, 2.24) is 19.9 Å². The fourth-order valence-corrected chi connectivity index (χ4v) is 7.21. The molecule has 0 N–H and O–H groups in total. The molecule has 0 aliphatic carbocycles. The fourth-order valence-electron chi connectivity index (χ4n) is 7.21. The number of benzene rings is 7. The predicted molar refractivity (Wildman–Crippen MR) is 215 cm³/mol. The molecule has 4 nitrogen and oxygen atoms in total. The van der Waals surface area contributed by atoms with Crippen LogP contribution in [0.4, 0.5) is 0 Å². The summed E-state index contributed by atoms with van der Waals surface area (Å²) in [4.78, 5) is 20.4. The molecule has 4 heteroatoms. The molecule has 0 unspecified atom stereocenters. The van der Waals surface area contributed by atoms with Crippen molar-refractivity contribution in [2.24, 2.45) is 0 Å². The lowest BCUT2D eigenvalue weighted by Crippen LogP contribution is -1.97. The molecule has 0 radical (unpaired) electrons. The Morgan fingerprint density at radius 2 is 0.769 bits per heavy atom. The standard InChI is InChI=1S/C48H30N4/c1-3-11-31(12-4-1)46-30-47(32-13-5-2-6-14-32)52-48(51-46)43-26-24-34-20-22-36(29-45(34)50-43)35-21-19-33-23-25-42(49-44(33)28-35)41-27-37-15-7-8-16-38(37)39-17-9-10-18-40(39)41/h1-30H. The van der Waals surface area contributed by atoms with Crippen molar-refractivity contribution in [3.05, 3.63) is 182 Å². The Labute approximate surface area is 300 Å². The van der Waals surface area contributed by atoms with Crippen molar-refractivity contribution in [2.45, 2.75) is 0 Å². The van der Waals surface area contributed by atoms with E-state index in [-0.39, 0.29) is 0 Å². The lowest BCUT2D eigenvalue weighted by atomic mass is 9.95. The highest BCUT2D eigenvalue weighted by molar-refractivity contribution is 6.13. The van der Waals surface area contributed by atoms with Crippen LogP contribution in [-0.2, 0) is 0 Å². The highest BCUT2D eigenvalue weighted by Crippen LogP contribution is 2.36. The fraction of sp³-hybridized carbons (Fsp3) is 0. The first-order valence-corrected chi connectivity index (χ1v) is 17.5. The first-order chi connectivity index (χ1) is 25.7. The maximum atomic E-state index is 5.24. The molecule has 0 amide bonds. The Hall–Kier alpha value is -7.04. The SMILES string of the molecule is c1ccc(-c2cc(-c3ccccc3)nc(-c3ccc4ccc(-c5ccc6ccc(-c7cc8ccccc8c8ccccc78)nc6c5)cc4n3)n2)cc1. The van der Waals surface area contributed by atoms with Gasteiger partial charge in [0, 0.05) is 27.5 Å². The van der Waals surface area contributed by atoms with E-state index in [0.29, 0.717) is 5.82 Å². The average Bonchev–Trinajstić information content (AvgIpc) is 3.23. The van der Waals surface area contributed by atoms with Gasteiger partial charge in [0.25, 0.3) is 0 Å². The third kappa shape index (κ3) is 5.34. The van der Waals surface area contributed by atoms with Crippen LogP contribution in [0.5, 0.6) is 0 Å². The summed E-state index contributed by atoms with van der Waals surface area (Å²) in [7, 11) is 0. The van der Waals surface area contributed by atoms with Crippen LogP contribution in [0.25, 0.3) is 99.8 Å². The van der Waals surface area contributed by atoms with E-state index in [9.17, 15) is 0 Å². The normalized spacial score (nSPS) is 11.5. The molecule has 3 heterocycles. The van der Waals surface area contributed by atoms with Gasteiger partial charge in [0.2, 0.25) is 0 Å². The minimum Gasteiger partial charge on any atom is -0.248 e. The van der Waals surface area contributed by atoms with Crippen LogP contribution in [0.2, 0.25) is 0 Å². The lowest BCUT2D eigenvalue weighted by Gasteiger charge is -2.12. The minimum atomic E-state index is 0.594. The summed E-state index contributed by atoms with van der Waals surface area (Å²) in [6.07, 6.45) is 0. The summed E-state index contributed by atoms with van der Waals surface area (Å²) in [5.41, 5.74) is 10.6. The molecule has 10 rings (SSSR count). The zero-order valence-corrected chi connectivity index (χ0v) is 28.1. The minimum absolute atomic E-state index is 0.594. The molecule has 0 saturated carbocycles. The van der Waals surface area contributed by atoms with Gasteiger partial charge in [-0.1, -0.05) is 146 Å². The summed E-state index contributed by atoms with van der Waals surface area (Å²) in [6.45, 7) is 0. The summed E-state index contributed by atoms with van der Waals surface area (Å²) < 4.78 is 0. The summed E-state index contributed by atoms with van der Waals surface area (Å²) >= 11 is 0. The monoisotopic (exact) mass is 662 g/mol. The van der Waals surface area contributed by atoms with Crippen LogP contribution >= 0.6 is 0 Å². The zero-order chi connectivity index (χ0) is 34.4. The second kappa shape index (κ2) is 12.4. The van der Waals surface area contributed by atoms with Gasteiger partial charge >= 0.3 is 0 Å². The van der Waals surface area contributed by atoms with E-state index < -0.39 is 0 Å². The zero-order valence-electron chi connectivity index (χ0n) is 28.1. The quantitative estimate of drug-likeness (QED) is 0.172. The van der Waals surface area contributed by atoms with Crippen molar-refractivity contribution in [1.29, 1.82) is 0 Å². The van der Waals surface area contributed by atoms with Gasteiger partial charge in [-0.05, 0) is 69.1 Å². The van der Waals surface area contributed by atoms with Crippen LogP contribution in [0.1, 0.15) is 0 Å². The van der Waals surface area contributed by atoms with Crippen molar-refractivity contribution < 1.29 is 0 Å². The molecule has 0 fully saturated rings. The Morgan fingerprint density at radius 1 is 0.269 bits per heavy atom. The lowest BCUT2D eigenvalue weighted by molar-refractivity contribution is 1.16. The Bertz CT molecular complexity index is 2900. The van der Waals surface area contributed by atoms with Gasteiger partial charge < -0.3 is 0 Å². The molecule has 0 aliphatic rings. The highest BCUT2D eigenvalue weighted by atomic mass is 14.9. The van der Waals surface area contributed by atoms with Crippen LogP contribution in [0, 0.1) is 0 Å². The van der Waals surface area contributed by atoms with Crippen LogP contribution in [-0.4, -0.2) is 19.9 Å². The predicted octanol–water partition coefficient (Wildman–Crippen LogP) is 12.2.